The molecule has 29 heavy (non-hydrogen) atoms. The Balaban J connectivity index is 1.45. The van der Waals surface area contributed by atoms with Gasteiger partial charge in [-0.05, 0) is 68.1 Å². The molecule has 152 valence electrons. The maximum atomic E-state index is 12.9. The minimum atomic E-state index is -3.30. The van der Waals surface area contributed by atoms with Crippen LogP contribution in [0.4, 0.5) is 5.13 Å². The molecular formula is C22H23BrN2O2S2. The molecule has 4 rings (SSSR count). The summed E-state index contributed by atoms with van der Waals surface area (Å²) in [5.41, 5.74) is 4.65. The number of thiazole rings is 1. The Labute approximate surface area is 184 Å². The molecule has 1 saturated heterocycles. The fraction of sp³-hybridized carbons (Fsp3) is 0.318. The maximum absolute atomic E-state index is 12.9. The van der Waals surface area contributed by atoms with Crippen LogP contribution in [0.25, 0.3) is 11.3 Å². The Morgan fingerprint density at radius 1 is 1.03 bits per heavy atom. The van der Waals surface area contributed by atoms with Gasteiger partial charge < -0.3 is 4.90 Å². The van der Waals surface area contributed by atoms with Gasteiger partial charge in [0.05, 0.1) is 15.8 Å². The molecule has 1 aromatic heterocycles. The van der Waals surface area contributed by atoms with Crippen molar-refractivity contribution in [2.75, 3.05) is 18.0 Å². The number of piperidine rings is 1. The van der Waals surface area contributed by atoms with Crippen molar-refractivity contribution in [2.24, 2.45) is 0 Å². The standard InChI is InChI=1S/C22H23BrN2O2S2/c1-15-3-4-17(13-16(15)2)21-14-28-22(24-21)25-11-9-20(10-12-25)29(26,27)19-7-5-18(23)6-8-19/h3-8,13-14,20H,9-12H2,1-2H3. The van der Waals surface area contributed by atoms with Crippen molar-refractivity contribution < 1.29 is 8.42 Å². The predicted molar refractivity (Wildman–Crippen MR) is 124 cm³/mol. The number of benzene rings is 2. The van der Waals surface area contributed by atoms with Gasteiger partial charge in [-0.25, -0.2) is 13.4 Å². The minimum Gasteiger partial charge on any atom is -0.348 e. The largest absolute Gasteiger partial charge is 0.348 e. The second kappa shape index (κ2) is 8.20. The van der Waals surface area contributed by atoms with Crippen LogP contribution in [0.1, 0.15) is 24.0 Å². The lowest BCUT2D eigenvalue weighted by Gasteiger charge is -2.31. The highest BCUT2D eigenvalue weighted by molar-refractivity contribution is 9.10. The third-order valence-electron chi connectivity index (χ3n) is 5.59. The third kappa shape index (κ3) is 4.27. The Morgan fingerprint density at radius 3 is 2.38 bits per heavy atom. The van der Waals surface area contributed by atoms with Gasteiger partial charge in [0.2, 0.25) is 0 Å². The van der Waals surface area contributed by atoms with E-state index in [2.05, 4.69) is 58.3 Å². The van der Waals surface area contributed by atoms with Gasteiger partial charge in [-0.2, -0.15) is 0 Å². The molecule has 0 atom stereocenters. The van der Waals surface area contributed by atoms with Crippen LogP contribution in [0.5, 0.6) is 0 Å². The van der Waals surface area contributed by atoms with Gasteiger partial charge in [-0.1, -0.05) is 28.1 Å². The van der Waals surface area contributed by atoms with Gasteiger partial charge in [0.1, 0.15) is 0 Å². The summed E-state index contributed by atoms with van der Waals surface area (Å²) in [6, 6.07) is 13.3. The first-order valence-corrected chi connectivity index (χ1v) is 12.8. The van der Waals surface area contributed by atoms with Gasteiger partial charge in [0.25, 0.3) is 0 Å². The van der Waals surface area contributed by atoms with E-state index in [-0.39, 0.29) is 5.25 Å². The smallest absolute Gasteiger partial charge is 0.185 e. The van der Waals surface area contributed by atoms with Crippen LogP contribution in [-0.4, -0.2) is 31.7 Å². The number of anilines is 1. The predicted octanol–water partition coefficient (Wildman–Crippen LogP) is 5.63. The Kier molecular flexibility index (Phi) is 5.82. The molecule has 3 aromatic rings. The molecule has 0 N–H and O–H groups in total. The zero-order chi connectivity index (χ0) is 20.6. The lowest BCUT2D eigenvalue weighted by molar-refractivity contribution is 0.529. The highest BCUT2D eigenvalue weighted by Gasteiger charge is 2.32. The highest BCUT2D eigenvalue weighted by Crippen LogP contribution is 2.32. The van der Waals surface area contributed by atoms with Gasteiger partial charge in [-0.3, -0.25) is 0 Å². The van der Waals surface area contributed by atoms with Crippen molar-refractivity contribution in [2.45, 2.75) is 36.8 Å². The number of hydrogen-bond acceptors (Lipinski definition) is 5. The zero-order valence-corrected chi connectivity index (χ0v) is 19.6. The monoisotopic (exact) mass is 490 g/mol. The summed E-state index contributed by atoms with van der Waals surface area (Å²) >= 11 is 4.99. The molecular weight excluding hydrogens is 468 g/mol. The summed E-state index contributed by atoms with van der Waals surface area (Å²) in [7, 11) is -3.30. The summed E-state index contributed by atoms with van der Waals surface area (Å²) in [6.07, 6.45) is 1.24. The summed E-state index contributed by atoms with van der Waals surface area (Å²) in [5, 5.41) is 2.72. The third-order valence-corrected chi connectivity index (χ3v) is 9.30. The van der Waals surface area contributed by atoms with E-state index in [1.54, 1.807) is 35.6 Å². The van der Waals surface area contributed by atoms with Gasteiger partial charge in [-0.15, -0.1) is 11.3 Å². The molecule has 1 fully saturated rings. The number of hydrogen-bond donors (Lipinski definition) is 0. The van der Waals surface area contributed by atoms with Crippen LogP contribution in [0, 0.1) is 13.8 Å². The minimum absolute atomic E-state index is 0.334. The van der Waals surface area contributed by atoms with E-state index in [0.29, 0.717) is 30.8 Å². The molecule has 0 amide bonds. The van der Waals surface area contributed by atoms with Crippen molar-refractivity contribution in [3.63, 3.8) is 0 Å². The van der Waals surface area contributed by atoms with Crippen LogP contribution in [0.2, 0.25) is 0 Å². The van der Waals surface area contributed by atoms with E-state index in [4.69, 9.17) is 4.98 Å². The van der Waals surface area contributed by atoms with Crippen molar-refractivity contribution in [3.05, 3.63) is 63.4 Å². The number of sulfone groups is 1. The summed E-state index contributed by atoms with van der Waals surface area (Å²) in [6.45, 7) is 5.64. The van der Waals surface area contributed by atoms with Gasteiger partial charge in [0, 0.05) is 28.5 Å². The molecule has 0 saturated carbocycles. The van der Waals surface area contributed by atoms with Crippen LogP contribution < -0.4 is 4.90 Å². The number of rotatable bonds is 4. The van der Waals surface area contributed by atoms with Crippen molar-refractivity contribution in [1.29, 1.82) is 0 Å². The van der Waals surface area contributed by atoms with Crippen molar-refractivity contribution >= 4 is 42.2 Å². The first kappa shape index (κ1) is 20.6. The molecule has 0 bridgehead atoms. The number of aromatic nitrogens is 1. The van der Waals surface area contributed by atoms with E-state index in [1.165, 1.54) is 11.1 Å². The topological polar surface area (TPSA) is 50.3 Å². The first-order chi connectivity index (χ1) is 13.8. The zero-order valence-electron chi connectivity index (χ0n) is 16.4. The van der Waals surface area contributed by atoms with E-state index in [0.717, 1.165) is 20.9 Å². The SMILES string of the molecule is Cc1ccc(-c2csc(N3CCC(S(=O)(=O)c4ccc(Br)cc4)CC3)n2)cc1C. The van der Waals surface area contributed by atoms with Gasteiger partial charge >= 0.3 is 0 Å². The molecule has 2 heterocycles. The average Bonchev–Trinajstić information content (AvgIpc) is 3.21. The van der Waals surface area contributed by atoms with Gasteiger partial charge in [0.15, 0.2) is 15.0 Å². The quantitative estimate of drug-likeness (QED) is 0.475. The lowest BCUT2D eigenvalue weighted by atomic mass is 10.1. The van der Waals surface area contributed by atoms with E-state index in [1.807, 2.05) is 0 Å². The van der Waals surface area contributed by atoms with Crippen LogP contribution >= 0.6 is 27.3 Å². The highest BCUT2D eigenvalue weighted by atomic mass is 79.9. The second-order valence-corrected chi connectivity index (χ2v) is 11.5. The van der Waals surface area contributed by atoms with Crippen LogP contribution in [0.15, 0.2) is 57.2 Å². The molecule has 7 heteroatoms. The second-order valence-electron chi connectivity index (χ2n) is 7.50. The molecule has 1 aliphatic rings. The maximum Gasteiger partial charge on any atom is 0.185 e. The van der Waals surface area contributed by atoms with E-state index < -0.39 is 9.84 Å². The number of aryl methyl sites for hydroxylation is 2. The van der Waals surface area contributed by atoms with E-state index in [9.17, 15) is 8.42 Å². The molecule has 2 aromatic carbocycles. The van der Waals surface area contributed by atoms with Crippen LogP contribution in [-0.2, 0) is 9.84 Å². The molecule has 0 aliphatic carbocycles. The lowest BCUT2D eigenvalue weighted by Crippen LogP contribution is -2.39. The van der Waals surface area contributed by atoms with E-state index >= 15 is 0 Å². The Morgan fingerprint density at radius 2 is 1.72 bits per heavy atom. The summed E-state index contributed by atoms with van der Waals surface area (Å²) in [4.78, 5) is 7.44. The molecule has 0 radical (unpaired) electrons. The normalized spacial score (nSPS) is 15.6. The molecule has 0 spiro atoms. The fourth-order valence-electron chi connectivity index (χ4n) is 3.62. The van der Waals surface area contributed by atoms with Crippen LogP contribution in [0.3, 0.4) is 0 Å². The van der Waals surface area contributed by atoms with Crippen molar-refractivity contribution in [3.8, 4) is 11.3 Å². The fourth-order valence-corrected chi connectivity index (χ4v) is 6.50. The number of halogens is 1. The Hall–Kier alpha value is -1.70. The molecule has 0 unspecified atom stereocenters. The van der Waals surface area contributed by atoms with Crippen molar-refractivity contribution in [1.82, 2.24) is 4.98 Å². The first-order valence-electron chi connectivity index (χ1n) is 9.62. The summed E-state index contributed by atoms with van der Waals surface area (Å²) in [5.74, 6) is 0. The summed E-state index contributed by atoms with van der Waals surface area (Å²) < 4.78 is 26.8. The molecule has 1 aliphatic heterocycles. The Bertz CT molecular complexity index is 1120. The number of nitrogens with zero attached hydrogens (tertiary/aromatic N) is 2. The average molecular weight is 491 g/mol. The molecule has 4 nitrogen and oxygen atoms in total.